The van der Waals surface area contributed by atoms with Crippen molar-refractivity contribution in [2.24, 2.45) is 23.7 Å². The lowest BCUT2D eigenvalue weighted by molar-refractivity contribution is -0.139. The highest BCUT2D eigenvalue weighted by molar-refractivity contribution is 6.22. The lowest BCUT2D eigenvalue weighted by Crippen LogP contribution is -2.31. The molecule has 2 aliphatic heterocycles. The number of methoxy groups -OCH3 is 1. The van der Waals surface area contributed by atoms with Crippen molar-refractivity contribution in [3.8, 4) is 11.5 Å². The molecule has 0 bridgehead atoms. The fourth-order valence-electron chi connectivity index (χ4n) is 5.24. The van der Waals surface area contributed by atoms with Gasteiger partial charge in [0.25, 0.3) is 0 Å². The first-order valence-corrected chi connectivity index (χ1v) is 11.7. The number of hydrogen-bond donors (Lipinski definition) is 0. The first-order chi connectivity index (χ1) is 16.9. The van der Waals surface area contributed by atoms with E-state index in [1.807, 2.05) is 25.1 Å². The van der Waals surface area contributed by atoms with Crippen LogP contribution in [0.3, 0.4) is 0 Å². The van der Waals surface area contributed by atoms with E-state index in [-0.39, 0.29) is 54.2 Å². The molecule has 2 heterocycles. The molecule has 8 heteroatoms. The molecule has 0 spiro atoms. The molecule has 0 unspecified atom stereocenters. The maximum Gasteiger partial charge on any atom is 0.316 e. The molecule has 2 fully saturated rings. The molecule has 1 aliphatic carbocycles. The number of ether oxygens (including phenoxy) is 2. The van der Waals surface area contributed by atoms with Crippen LogP contribution < -0.4 is 19.3 Å². The number of benzene rings is 2. The van der Waals surface area contributed by atoms with E-state index in [4.69, 9.17) is 9.47 Å². The van der Waals surface area contributed by atoms with Gasteiger partial charge in [0, 0.05) is 19.0 Å². The van der Waals surface area contributed by atoms with Gasteiger partial charge in [0.2, 0.25) is 17.7 Å². The van der Waals surface area contributed by atoms with Gasteiger partial charge in [0.15, 0.2) is 0 Å². The van der Waals surface area contributed by atoms with E-state index in [2.05, 4.69) is 0 Å². The van der Waals surface area contributed by atoms with Crippen molar-refractivity contribution in [1.29, 1.82) is 0 Å². The zero-order chi connectivity index (χ0) is 24.7. The molecule has 2 aromatic carbocycles. The highest BCUT2D eigenvalue weighted by atomic mass is 16.5. The van der Waals surface area contributed by atoms with Crippen molar-refractivity contribution in [2.45, 2.75) is 19.8 Å². The summed E-state index contributed by atoms with van der Waals surface area (Å²) in [5.41, 5.74) is 0.985. The number of esters is 1. The van der Waals surface area contributed by atoms with E-state index in [0.29, 0.717) is 23.5 Å². The number of allylic oxidation sites excluding steroid dienone is 2. The van der Waals surface area contributed by atoms with Crippen LogP contribution in [0, 0.1) is 23.7 Å². The molecule has 0 aromatic heterocycles. The van der Waals surface area contributed by atoms with E-state index >= 15 is 0 Å². The molecular formula is C27H26N2O6. The monoisotopic (exact) mass is 474 g/mol. The van der Waals surface area contributed by atoms with Gasteiger partial charge in [-0.2, -0.15) is 0 Å². The molecule has 0 saturated carbocycles. The minimum atomic E-state index is -0.652. The number of hydrogen-bond acceptors (Lipinski definition) is 6. The summed E-state index contributed by atoms with van der Waals surface area (Å²) in [6.45, 7) is 2.12. The van der Waals surface area contributed by atoms with Gasteiger partial charge in [-0.15, -0.1) is 0 Å². The quantitative estimate of drug-likeness (QED) is 0.286. The summed E-state index contributed by atoms with van der Waals surface area (Å²) < 4.78 is 10.9. The van der Waals surface area contributed by atoms with E-state index < -0.39 is 11.9 Å². The molecule has 2 saturated heterocycles. The summed E-state index contributed by atoms with van der Waals surface area (Å²) in [6, 6.07) is 13.6. The Labute approximate surface area is 203 Å². The number of fused-ring (bicyclic) bond motifs is 1. The van der Waals surface area contributed by atoms with Crippen LogP contribution in [-0.2, 0) is 19.2 Å². The lowest BCUT2D eigenvalue weighted by Gasteiger charge is -2.22. The predicted molar refractivity (Wildman–Crippen MR) is 128 cm³/mol. The lowest BCUT2D eigenvalue weighted by atomic mass is 9.78. The third kappa shape index (κ3) is 3.99. The smallest absolute Gasteiger partial charge is 0.316 e. The summed E-state index contributed by atoms with van der Waals surface area (Å²) in [6.07, 6.45) is 4.50. The number of nitrogens with zero attached hydrogens (tertiary/aromatic N) is 2. The Morgan fingerprint density at radius 3 is 2.60 bits per heavy atom. The van der Waals surface area contributed by atoms with Crippen LogP contribution >= 0.6 is 0 Å². The number of carbonyl (C=O) groups excluding carboxylic acids is 4. The molecule has 180 valence electrons. The molecule has 4 atom stereocenters. The Morgan fingerprint density at radius 2 is 1.83 bits per heavy atom. The van der Waals surface area contributed by atoms with Gasteiger partial charge in [0.1, 0.15) is 11.5 Å². The first kappa shape index (κ1) is 22.8. The Hall–Kier alpha value is -3.94. The average Bonchev–Trinajstić information content (AvgIpc) is 3.37. The second-order valence-corrected chi connectivity index (χ2v) is 9.16. The van der Waals surface area contributed by atoms with Gasteiger partial charge < -0.3 is 14.4 Å². The molecule has 3 amide bonds. The Morgan fingerprint density at radius 1 is 1.03 bits per heavy atom. The Balaban J connectivity index is 1.31. The van der Waals surface area contributed by atoms with Crippen molar-refractivity contribution in [1.82, 2.24) is 0 Å². The van der Waals surface area contributed by atoms with Crippen molar-refractivity contribution >= 4 is 35.1 Å². The first-order valence-electron chi connectivity index (χ1n) is 11.7. The van der Waals surface area contributed by atoms with Crippen LogP contribution in [0.4, 0.5) is 11.4 Å². The third-order valence-corrected chi connectivity index (χ3v) is 7.00. The van der Waals surface area contributed by atoms with Crippen molar-refractivity contribution in [3.63, 3.8) is 0 Å². The van der Waals surface area contributed by atoms with Crippen LogP contribution in [0.5, 0.6) is 11.5 Å². The van der Waals surface area contributed by atoms with Crippen molar-refractivity contribution < 1.29 is 28.7 Å². The van der Waals surface area contributed by atoms with E-state index in [1.165, 1.54) is 23.0 Å². The number of para-hydroxylation sites is 2. The van der Waals surface area contributed by atoms with Crippen LogP contribution in [0.1, 0.15) is 19.8 Å². The molecule has 8 nitrogen and oxygen atoms in total. The molecule has 5 rings (SSSR count). The third-order valence-electron chi connectivity index (χ3n) is 7.00. The minimum Gasteiger partial charge on any atom is -0.495 e. The summed E-state index contributed by atoms with van der Waals surface area (Å²) in [5.74, 6) is -1.82. The largest absolute Gasteiger partial charge is 0.495 e. The zero-order valence-electron chi connectivity index (χ0n) is 19.5. The SMILES string of the molecule is COc1ccccc1N1C[C@H](C(=O)Oc2cccc(N3C(=O)[C@H]4[C@@H](C)C=CC[C@H]4C3=O)c2)CC1=O. The predicted octanol–water partition coefficient (Wildman–Crippen LogP) is 3.36. The normalized spacial score (nSPS) is 25.7. The summed E-state index contributed by atoms with van der Waals surface area (Å²) in [4.78, 5) is 54.4. The molecule has 0 N–H and O–H groups in total. The Bertz CT molecular complexity index is 1240. The molecule has 0 radical (unpaired) electrons. The number of imide groups is 1. The highest BCUT2D eigenvalue weighted by Gasteiger charge is 2.50. The maximum atomic E-state index is 13.1. The van der Waals surface area contributed by atoms with E-state index in [0.717, 1.165) is 0 Å². The van der Waals surface area contributed by atoms with Crippen molar-refractivity contribution in [2.75, 3.05) is 23.5 Å². The van der Waals surface area contributed by atoms with E-state index in [9.17, 15) is 19.2 Å². The van der Waals surface area contributed by atoms with Gasteiger partial charge in [-0.25, -0.2) is 4.90 Å². The van der Waals surface area contributed by atoms with E-state index in [1.54, 1.807) is 36.4 Å². The molecule has 3 aliphatic rings. The van der Waals surface area contributed by atoms with Gasteiger partial charge in [0.05, 0.1) is 36.2 Å². The summed E-state index contributed by atoms with van der Waals surface area (Å²) >= 11 is 0. The van der Waals surface area contributed by atoms with Gasteiger partial charge in [-0.3, -0.25) is 19.2 Å². The summed E-state index contributed by atoms with van der Waals surface area (Å²) in [5, 5.41) is 0. The fraction of sp³-hybridized carbons (Fsp3) is 0.333. The van der Waals surface area contributed by atoms with Crippen LogP contribution in [-0.4, -0.2) is 37.3 Å². The maximum absolute atomic E-state index is 13.1. The average molecular weight is 475 g/mol. The zero-order valence-corrected chi connectivity index (χ0v) is 19.5. The molecule has 2 aromatic rings. The topological polar surface area (TPSA) is 93.2 Å². The van der Waals surface area contributed by atoms with Gasteiger partial charge >= 0.3 is 5.97 Å². The fourth-order valence-corrected chi connectivity index (χ4v) is 5.24. The standard InChI is InChI=1S/C27H26N2O6/c1-16-7-5-10-20-24(16)26(32)29(25(20)31)18-8-6-9-19(14-18)35-27(33)17-13-23(30)28(15-17)21-11-3-4-12-22(21)34-2/h3-9,11-12,14,16-17,20,24H,10,13,15H2,1-2H3/t16-,17+,20+,24-/m0/s1. The second-order valence-electron chi connectivity index (χ2n) is 9.16. The van der Waals surface area contributed by atoms with Crippen LogP contribution in [0.15, 0.2) is 60.7 Å². The summed E-state index contributed by atoms with van der Waals surface area (Å²) in [7, 11) is 1.53. The second kappa shape index (κ2) is 9.02. The number of amides is 3. The molecular weight excluding hydrogens is 448 g/mol. The highest BCUT2D eigenvalue weighted by Crippen LogP contribution is 2.41. The Kier molecular flexibility index (Phi) is 5.88. The number of rotatable bonds is 5. The molecule has 35 heavy (non-hydrogen) atoms. The number of carbonyl (C=O) groups is 4. The van der Waals surface area contributed by atoms with Gasteiger partial charge in [-0.05, 0) is 36.6 Å². The van der Waals surface area contributed by atoms with Gasteiger partial charge in [-0.1, -0.05) is 37.3 Å². The van der Waals surface area contributed by atoms with Crippen LogP contribution in [0.25, 0.3) is 0 Å². The number of anilines is 2. The van der Waals surface area contributed by atoms with Crippen molar-refractivity contribution in [3.05, 3.63) is 60.7 Å². The minimum absolute atomic E-state index is 0.0118. The van der Waals surface area contributed by atoms with Crippen LogP contribution in [0.2, 0.25) is 0 Å².